The molecule has 0 aliphatic heterocycles. The third-order valence-electron chi connectivity index (χ3n) is 2.39. The van der Waals surface area contributed by atoms with Gasteiger partial charge in [-0.05, 0) is 11.6 Å². The third kappa shape index (κ3) is 2.88. The molecule has 7 nitrogen and oxygen atoms in total. The van der Waals surface area contributed by atoms with E-state index in [1.54, 1.807) is 6.07 Å². The molecule has 0 fully saturated rings. The van der Waals surface area contributed by atoms with E-state index in [4.69, 9.17) is 5.26 Å². The summed E-state index contributed by atoms with van der Waals surface area (Å²) in [6.07, 6.45) is -2.75. The molecule has 2 N–H and O–H groups in total. The molecule has 0 amide bonds. The molecule has 94 valence electrons. The topological polar surface area (TPSA) is 124 Å². The zero-order valence-electron chi connectivity index (χ0n) is 9.18. The van der Waals surface area contributed by atoms with Crippen molar-refractivity contribution in [2.24, 2.45) is 0 Å². The van der Waals surface area contributed by atoms with Crippen LogP contribution in [0.4, 0.5) is 5.69 Å². The second-order valence-corrected chi connectivity index (χ2v) is 3.56. The van der Waals surface area contributed by atoms with Crippen LogP contribution in [0.3, 0.4) is 0 Å². The SMILES string of the molecule is N#CCC(O)C(O)c1ccc([N+](=O)[O-])cc1C=O. The summed E-state index contributed by atoms with van der Waals surface area (Å²) < 4.78 is 0. The van der Waals surface area contributed by atoms with Gasteiger partial charge in [0.25, 0.3) is 5.69 Å². The number of nitro groups is 1. The number of hydrogen-bond acceptors (Lipinski definition) is 6. The fourth-order valence-corrected chi connectivity index (χ4v) is 1.46. The van der Waals surface area contributed by atoms with E-state index in [-0.39, 0.29) is 23.2 Å². The predicted molar refractivity (Wildman–Crippen MR) is 59.7 cm³/mol. The number of nitrogens with zero attached hydrogens (tertiary/aromatic N) is 2. The Kier molecular flexibility index (Phi) is 4.48. The molecular formula is C11H10N2O5. The lowest BCUT2D eigenvalue weighted by Crippen LogP contribution is -2.18. The van der Waals surface area contributed by atoms with Gasteiger partial charge in [0, 0.05) is 17.7 Å². The van der Waals surface area contributed by atoms with Gasteiger partial charge in [-0.25, -0.2) is 0 Å². The number of carbonyl (C=O) groups is 1. The summed E-state index contributed by atoms with van der Waals surface area (Å²) >= 11 is 0. The number of carbonyl (C=O) groups excluding carboxylic acids is 1. The van der Waals surface area contributed by atoms with Gasteiger partial charge in [0.05, 0.1) is 23.5 Å². The van der Waals surface area contributed by atoms with Crippen LogP contribution in [0.5, 0.6) is 0 Å². The fraction of sp³-hybridized carbons (Fsp3) is 0.273. The number of aliphatic hydroxyl groups is 2. The van der Waals surface area contributed by atoms with E-state index in [9.17, 15) is 25.1 Å². The van der Waals surface area contributed by atoms with Crippen molar-refractivity contribution in [2.45, 2.75) is 18.6 Å². The quantitative estimate of drug-likeness (QED) is 0.450. The largest absolute Gasteiger partial charge is 0.389 e. The molecule has 0 bridgehead atoms. The third-order valence-corrected chi connectivity index (χ3v) is 2.39. The Bertz CT molecular complexity index is 509. The molecule has 18 heavy (non-hydrogen) atoms. The van der Waals surface area contributed by atoms with Crippen LogP contribution in [0.1, 0.15) is 28.4 Å². The van der Waals surface area contributed by atoms with Crippen molar-refractivity contribution in [1.82, 2.24) is 0 Å². The first kappa shape index (κ1) is 13.8. The minimum Gasteiger partial charge on any atom is -0.389 e. The zero-order chi connectivity index (χ0) is 13.7. The molecule has 0 radical (unpaired) electrons. The van der Waals surface area contributed by atoms with E-state index in [0.29, 0.717) is 6.29 Å². The van der Waals surface area contributed by atoms with Gasteiger partial charge in [-0.3, -0.25) is 14.9 Å². The van der Waals surface area contributed by atoms with E-state index in [1.165, 1.54) is 6.07 Å². The van der Waals surface area contributed by atoms with Crippen LogP contribution in [0.2, 0.25) is 0 Å². The van der Waals surface area contributed by atoms with Gasteiger partial charge < -0.3 is 10.2 Å². The van der Waals surface area contributed by atoms with E-state index in [2.05, 4.69) is 0 Å². The Labute approximate surface area is 102 Å². The number of hydrogen-bond donors (Lipinski definition) is 2. The monoisotopic (exact) mass is 250 g/mol. The van der Waals surface area contributed by atoms with Crippen molar-refractivity contribution in [3.63, 3.8) is 0 Å². The molecule has 0 aliphatic carbocycles. The van der Waals surface area contributed by atoms with E-state index in [0.717, 1.165) is 12.1 Å². The Morgan fingerprint density at radius 3 is 2.67 bits per heavy atom. The second-order valence-electron chi connectivity index (χ2n) is 3.56. The van der Waals surface area contributed by atoms with Crippen LogP contribution in [0.25, 0.3) is 0 Å². The van der Waals surface area contributed by atoms with Crippen molar-refractivity contribution >= 4 is 12.0 Å². The molecule has 0 aliphatic rings. The van der Waals surface area contributed by atoms with Crippen LogP contribution in [0, 0.1) is 21.4 Å². The number of nitriles is 1. The molecule has 1 rings (SSSR count). The van der Waals surface area contributed by atoms with Crippen molar-refractivity contribution in [1.29, 1.82) is 5.26 Å². The minimum absolute atomic E-state index is 0.0540. The van der Waals surface area contributed by atoms with Gasteiger partial charge in [-0.2, -0.15) is 5.26 Å². The summed E-state index contributed by atoms with van der Waals surface area (Å²) in [6, 6.07) is 4.99. The van der Waals surface area contributed by atoms with Gasteiger partial charge in [0.15, 0.2) is 6.29 Å². The van der Waals surface area contributed by atoms with E-state index < -0.39 is 17.1 Å². The lowest BCUT2D eigenvalue weighted by atomic mass is 9.97. The molecule has 7 heteroatoms. The van der Waals surface area contributed by atoms with Crippen LogP contribution in [0.15, 0.2) is 18.2 Å². The van der Waals surface area contributed by atoms with Crippen LogP contribution in [-0.4, -0.2) is 27.5 Å². The molecule has 0 saturated heterocycles. The molecule has 2 atom stereocenters. The standard InChI is InChI=1S/C11H10N2O5/c12-4-3-10(15)11(16)9-2-1-8(13(17)18)5-7(9)6-14/h1-2,5-6,10-11,15-16H,3H2. The highest BCUT2D eigenvalue weighted by atomic mass is 16.6. The molecule has 0 spiro atoms. The highest BCUT2D eigenvalue weighted by Gasteiger charge is 2.22. The maximum atomic E-state index is 10.8. The molecule has 2 unspecified atom stereocenters. The van der Waals surface area contributed by atoms with Gasteiger partial charge >= 0.3 is 0 Å². The average Bonchev–Trinajstić information content (AvgIpc) is 2.37. The van der Waals surface area contributed by atoms with Gasteiger partial charge in [-0.1, -0.05) is 0 Å². The fourth-order valence-electron chi connectivity index (χ4n) is 1.46. The zero-order valence-corrected chi connectivity index (χ0v) is 9.18. The smallest absolute Gasteiger partial charge is 0.270 e. The molecule has 0 heterocycles. The summed E-state index contributed by atoms with van der Waals surface area (Å²) in [5, 5.41) is 38.1. The van der Waals surface area contributed by atoms with Gasteiger partial charge in [-0.15, -0.1) is 0 Å². The van der Waals surface area contributed by atoms with Crippen molar-refractivity contribution < 1.29 is 19.9 Å². The van der Waals surface area contributed by atoms with E-state index in [1.807, 2.05) is 0 Å². The summed E-state index contributed by atoms with van der Waals surface area (Å²) in [6.45, 7) is 0. The molecule has 1 aromatic carbocycles. The minimum atomic E-state index is -1.44. The van der Waals surface area contributed by atoms with Crippen LogP contribution < -0.4 is 0 Å². The number of aldehydes is 1. The van der Waals surface area contributed by atoms with Crippen LogP contribution in [-0.2, 0) is 0 Å². The first-order valence-electron chi connectivity index (χ1n) is 4.97. The molecule has 0 aromatic heterocycles. The first-order chi connectivity index (χ1) is 8.51. The lowest BCUT2D eigenvalue weighted by Gasteiger charge is -2.16. The highest BCUT2D eigenvalue weighted by molar-refractivity contribution is 5.79. The number of aliphatic hydroxyl groups excluding tert-OH is 2. The van der Waals surface area contributed by atoms with Gasteiger partial charge in [0.2, 0.25) is 0 Å². The van der Waals surface area contributed by atoms with E-state index >= 15 is 0 Å². The normalized spacial score (nSPS) is 13.4. The molecular weight excluding hydrogens is 240 g/mol. The number of nitro benzene ring substituents is 1. The summed E-state index contributed by atoms with van der Waals surface area (Å²) in [5.74, 6) is 0. The first-order valence-corrected chi connectivity index (χ1v) is 4.97. The van der Waals surface area contributed by atoms with Crippen molar-refractivity contribution in [3.05, 3.63) is 39.4 Å². The van der Waals surface area contributed by atoms with Gasteiger partial charge in [0.1, 0.15) is 6.10 Å². The van der Waals surface area contributed by atoms with Crippen molar-refractivity contribution in [3.8, 4) is 6.07 Å². The molecule has 1 aromatic rings. The Morgan fingerprint density at radius 2 is 2.17 bits per heavy atom. The molecule has 0 saturated carbocycles. The number of benzene rings is 1. The maximum Gasteiger partial charge on any atom is 0.270 e. The second kappa shape index (κ2) is 5.86. The highest BCUT2D eigenvalue weighted by Crippen LogP contribution is 2.25. The summed E-state index contributed by atoms with van der Waals surface area (Å²) in [7, 11) is 0. The Hall–Kier alpha value is -2.30. The Balaban J connectivity index is 3.13. The average molecular weight is 250 g/mol. The Morgan fingerprint density at radius 1 is 1.50 bits per heavy atom. The number of non-ortho nitro benzene ring substituents is 1. The maximum absolute atomic E-state index is 10.8. The lowest BCUT2D eigenvalue weighted by molar-refractivity contribution is -0.384. The summed E-state index contributed by atoms with van der Waals surface area (Å²) in [5.41, 5.74) is -0.324. The van der Waals surface area contributed by atoms with Crippen molar-refractivity contribution in [2.75, 3.05) is 0 Å². The number of rotatable bonds is 5. The predicted octanol–water partition coefficient (Wildman–Crippen LogP) is 0.715. The summed E-state index contributed by atoms with van der Waals surface area (Å²) in [4.78, 5) is 20.7. The van der Waals surface area contributed by atoms with Crippen LogP contribution >= 0.6 is 0 Å².